The van der Waals surface area contributed by atoms with Crippen LogP contribution in [0.4, 0.5) is 0 Å². The molecule has 0 saturated carbocycles. The maximum atomic E-state index is 5.40. The number of piperidine rings is 1. The number of hydrogen-bond donors (Lipinski definition) is 1. The molecule has 52 valence electrons. The Morgan fingerprint density at radius 3 is 2.33 bits per heavy atom. The average molecular weight is 127 g/mol. The van der Waals surface area contributed by atoms with Gasteiger partial charge in [0.25, 0.3) is 0 Å². The van der Waals surface area contributed by atoms with Gasteiger partial charge in [0.05, 0.1) is 13.2 Å². The predicted molar refractivity (Wildman–Crippen MR) is 35.3 cm³/mol. The monoisotopic (exact) mass is 127 g/mol. The Morgan fingerprint density at radius 1 is 1.11 bits per heavy atom. The van der Waals surface area contributed by atoms with E-state index in [1.54, 1.807) is 0 Å². The second kappa shape index (κ2) is 2.27. The Labute approximate surface area is 55.6 Å². The van der Waals surface area contributed by atoms with Crippen LogP contribution in [0.5, 0.6) is 0 Å². The molecule has 0 aromatic carbocycles. The lowest BCUT2D eigenvalue weighted by atomic mass is 9.90. The molecule has 2 saturated heterocycles. The molecular formula is C7H13NO. The molecule has 2 fully saturated rings. The summed E-state index contributed by atoms with van der Waals surface area (Å²) in [6.45, 7) is 4.33. The van der Waals surface area contributed by atoms with Gasteiger partial charge in [-0.1, -0.05) is 0 Å². The van der Waals surface area contributed by atoms with Crippen molar-refractivity contribution in [1.82, 2.24) is 5.32 Å². The molecule has 0 aromatic rings. The van der Waals surface area contributed by atoms with Gasteiger partial charge in [-0.05, 0) is 18.3 Å². The third-order valence-corrected chi connectivity index (χ3v) is 2.24. The van der Waals surface area contributed by atoms with Crippen molar-refractivity contribution in [3.05, 3.63) is 0 Å². The van der Waals surface area contributed by atoms with E-state index in [4.69, 9.17) is 4.74 Å². The molecule has 2 heterocycles. The van der Waals surface area contributed by atoms with E-state index < -0.39 is 0 Å². The van der Waals surface area contributed by atoms with Gasteiger partial charge in [0.15, 0.2) is 0 Å². The first-order valence-corrected chi connectivity index (χ1v) is 3.73. The molecule has 0 amide bonds. The lowest BCUT2D eigenvalue weighted by Gasteiger charge is -2.34. The minimum absolute atomic E-state index is 0.817. The smallest absolute Gasteiger partial charge is 0.0506 e. The van der Waals surface area contributed by atoms with Crippen molar-refractivity contribution in [1.29, 1.82) is 0 Å². The lowest BCUT2D eigenvalue weighted by molar-refractivity contribution is -0.00121. The fourth-order valence-corrected chi connectivity index (χ4v) is 1.78. The highest BCUT2D eigenvalue weighted by Gasteiger charge is 2.25. The summed E-state index contributed by atoms with van der Waals surface area (Å²) < 4.78 is 5.40. The van der Waals surface area contributed by atoms with Crippen molar-refractivity contribution in [3.63, 3.8) is 0 Å². The first kappa shape index (κ1) is 5.69. The van der Waals surface area contributed by atoms with Crippen molar-refractivity contribution < 1.29 is 4.74 Å². The lowest BCUT2D eigenvalue weighted by Crippen LogP contribution is -2.43. The average Bonchev–Trinajstić information content (AvgIpc) is 1.88. The SMILES string of the molecule is C1NC[C@@H]2COC[C@@H]1C2. The highest BCUT2D eigenvalue weighted by molar-refractivity contribution is 4.78. The Morgan fingerprint density at radius 2 is 1.78 bits per heavy atom. The summed E-state index contributed by atoms with van der Waals surface area (Å²) in [6, 6.07) is 0. The number of ether oxygens (including phenoxy) is 1. The van der Waals surface area contributed by atoms with Crippen molar-refractivity contribution >= 4 is 0 Å². The second-order valence-corrected chi connectivity index (χ2v) is 3.16. The van der Waals surface area contributed by atoms with Gasteiger partial charge in [-0.15, -0.1) is 0 Å². The standard InChI is InChI=1S/C7H13NO/c1-6-2-8-3-7(1)5-9-4-6/h6-8H,1-5H2/t6-,7-/m1/s1. The van der Waals surface area contributed by atoms with Gasteiger partial charge in [0.2, 0.25) is 0 Å². The van der Waals surface area contributed by atoms with Gasteiger partial charge in [0, 0.05) is 13.1 Å². The zero-order chi connectivity index (χ0) is 6.10. The number of hydrogen-bond acceptors (Lipinski definition) is 2. The fourth-order valence-electron chi connectivity index (χ4n) is 1.78. The summed E-state index contributed by atoms with van der Waals surface area (Å²) in [6.07, 6.45) is 1.40. The zero-order valence-corrected chi connectivity index (χ0v) is 5.60. The van der Waals surface area contributed by atoms with E-state index in [0.29, 0.717) is 0 Å². The van der Waals surface area contributed by atoms with E-state index in [1.807, 2.05) is 0 Å². The van der Waals surface area contributed by atoms with Gasteiger partial charge >= 0.3 is 0 Å². The van der Waals surface area contributed by atoms with Gasteiger partial charge in [-0.3, -0.25) is 0 Å². The van der Waals surface area contributed by atoms with Crippen molar-refractivity contribution in [2.75, 3.05) is 26.3 Å². The number of rotatable bonds is 0. The van der Waals surface area contributed by atoms with Crippen LogP contribution in [0.15, 0.2) is 0 Å². The molecule has 0 radical (unpaired) electrons. The van der Waals surface area contributed by atoms with Gasteiger partial charge in [0.1, 0.15) is 0 Å². The topological polar surface area (TPSA) is 21.3 Å². The highest BCUT2D eigenvalue weighted by atomic mass is 16.5. The first-order chi connectivity index (χ1) is 4.45. The third-order valence-electron chi connectivity index (χ3n) is 2.24. The molecule has 2 nitrogen and oxygen atoms in total. The largest absolute Gasteiger partial charge is 0.381 e. The van der Waals surface area contributed by atoms with Crippen LogP contribution in [-0.4, -0.2) is 26.3 Å². The van der Waals surface area contributed by atoms with Crippen LogP contribution in [0.25, 0.3) is 0 Å². The van der Waals surface area contributed by atoms with Crippen LogP contribution >= 0.6 is 0 Å². The van der Waals surface area contributed by atoms with Gasteiger partial charge in [-0.25, -0.2) is 0 Å². The summed E-state index contributed by atoms with van der Waals surface area (Å²) in [7, 11) is 0. The Kier molecular flexibility index (Phi) is 1.44. The van der Waals surface area contributed by atoms with E-state index in [1.165, 1.54) is 19.5 Å². The maximum absolute atomic E-state index is 5.40. The van der Waals surface area contributed by atoms with Gasteiger partial charge in [-0.2, -0.15) is 0 Å². The molecule has 2 aliphatic rings. The molecule has 1 N–H and O–H groups in total. The molecule has 2 rings (SSSR count). The minimum atomic E-state index is 0.817. The molecule has 2 heteroatoms. The quantitative estimate of drug-likeness (QED) is 0.503. The Balaban J connectivity index is 1.96. The predicted octanol–water partition coefficient (Wildman–Crippen LogP) is 0.242. The molecule has 2 bridgehead atoms. The summed E-state index contributed by atoms with van der Waals surface area (Å²) in [5.74, 6) is 1.63. The molecule has 2 atom stereocenters. The summed E-state index contributed by atoms with van der Waals surface area (Å²) in [5, 5.41) is 3.41. The van der Waals surface area contributed by atoms with E-state index >= 15 is 0 Å². The van der Waals surface area contributed by atoms with Crippen molar-refractivity contribution in [2.24, 2.45) is 11.8 Å². The normalized spacial score (nSPS) is 42.7. The van der Waals surface area contributed by atoms with Crippen LogP contribution in [0.3, 0.4) is 0 Å². The first-order valence-electron chi connectivity index (χ1n) is 3.73. The molecule has 0 aromatic heterocycles. The highest BCUT2D eigenvalue weighted by Crippen LogP contribution is 2.21. The summed E-state index contributed by atoms with van der Waals surface area (Å²) in [5.41, 5.74) is 0. The summed E-state index contributed by atoms with van der Waals surface area (Å²) >= 11 is 0. The Bertz CT molecular complexity index is 85.1. The molecular weight excluding hydrogens is 114 g/mol. The fraction of sp³-hybridized carbons (Fsp3) is 1.00. The second-order valence-electron chi connectivity index (χ2n) is 3.16. The van der Waals surface area contributed by atoms with Crippen LogP contribution in [-0.2, 0) is 4.74 Å². The molecule has 9 heavy (non-hydrogen) atoms. The molecule has 0 spiro atoms. The van der Waals surface area contributed by atoms with E-state index in [0.717, 1.165) is 25.0 Å². The van der Waals surface area contributed by atoms with E-state index in [-0.39, 0.29) is 0 Å². The van der Waals surface area contributed by atoms with Gasteiger partial charge < -0.3 is 10.1 Å². The van der Waals surface area contributed by atoms with E-state index in [9.17, 15) is 0 Å². The summed E-state index contributed by atoms with van der Waals surface area (Å²) in [4.78, 5) is 0. The maximum Gasteiger partial charge on any atom is 0.0506 e. The zero-order valence-electron chi connectivity index (χ0n) is 5.60. The molecule has 2 aliphatic heterocycles. The Hall–Kier alpha value is -0.0800. The molecule has 0 aliphatic carbocycles. The minimum Gasteiger partial charge on any atom is -0.381 e. The van der Waals surface area contributed by atoms with Crippen LogP contribution in [0, 0.1) is 11.8 Å². The van der Waals surface area contributed by atoms with Crippen molar-refractivity contribution in [2.45, 2.75) is 6.42 Å². The number of nitrogens with one attached hydrogen (secondary N) is 1. The third kappa shape index (κ3) is 1.10. The van der Waals surface area contributed by atoms with E-state index in [2.05, 4.69) is 5.32 Å². The van der Waals surface area contributed by atoms with Crippen molar-refractivity contribution in [3.8, 4) is 0 Å². The molecule has 0 unspecified atom stereocenters. The van der Waals surface area contributed by atoms with Crippen LogP contribution in [0.2, 0.25) is 0 Å². The van der Waals surface area contributed by atoms with Crippen LogP contribution in [0.1, 0.15) is 6.42 Å². The van der Waals surface area contributed by atoms with Crippen LogP contribution < -0.4 is 5.32 Å². The number of fused-ring (bicyclic) bond motifs is 2.